The van der Waals surface area contributed by atoms with Crippen LogP contribution in [0.25, 0.3) is 0 Å². The molecule has 1 aliphatic heterocycles. The summed E-state index contributed by atoms with van der Waals surface area (Å²) in [6, 6.07) is 0.166. The Morgan fingerprint density at radius 3 is 2.35 bits per heavy atom. The average Bonchev–Trinajstić information content (AvgIpc) is 2.83. The first-order valence-corrected chi connectivity index (χ1v) is 9.36. The van der Waals surface area contributed by atoms with Crippen molar-refractivity contribution in [2.45, 2.75) is 98.0 Å². The molecule has 0 unspecified atom stereocenters. The second-order valence-electron chi connectivity index (χ2n) is 7.76. The van der Waals surface area contributed by atoms with Gasteiger partial charge in [-0.05, 0) is 46.5 Å². The Morgan fingerprint density at radius 1 is 1.09 bits per heavy atom. The molecule has 1 heterocycles. The zero-order valence-electron chi connectivity index (χ0n) is 16.0. The number of carbonyl (C=O) groups excluding carboxylic acids is 1. The first-order valence-electron chi connectivity index (χ1n) is 9.36. The summed E-state index contributed by atoms with van der Waals surface area (Å²) in [6.07, 6.45) is 5.41. The van der Waals surface area contributed by atoms with Gasteiger partial charge in [0.15, 0.2) is 0 Å². The standard InChI is InChI=1S/C19H37NO3/c1-14(2)9-7-8-10-19(21)20-12-18(23-16(5)6)11-17(20)13-22-15(3)4/h14-18H,7-13H2,1-6H3/t17-,18+/m0/s1. The Kier molecular flexibility index (Phi) is 9.15. The fourth-order valence-corrected chi connectivity index (χ4v) is 3.10. The van der Waals surface area contributed by atoms with E-state index in [-0.39, 0.29) is 30.3 Å². The van der Waals surface area contributed by atoms with Gasteiger partial charge in [-0.2, -0.15) is 0 Å². The number of carbonyl (C=O) groups is 1. The molecule has 1 rings (SSSR count). The van der Waals surface area contributed by atoms with Crippen molar-refractivity contribution in [2.75, 3.05) is 13.2 Å². The van der Waals surface area contributed by atoms with Crippen molar-refractivity contribution in [3.63, 3.8) is 0 Å². The second kappa shape index (κ2) is 10.3. The normalized spacial score (nSPS) is 21.9. The maximum atomic E-state index is 12.6. The van der Waals surface area contributed by atoms with Crippen LogP contribution in [0.1, 0.15) is 73.6 Å². The van der Waals surface area contributed by atoms with Crippen molar-refractivity contribution in [3.05, 3.63) is 0 Å². The van der Waals surface area contributed by atoms with Crippen LogP contribution in [0.2, 0.25) is 0 Å². The van der Waals surface area contributed by atoms with Crippen LogP contribution in [-0.4, -0.2) is 48.3 Å². The van der Waals surface area contributed by atoms with Crippen molar-refractivity contribution >= 4 is 5.91 Å². The van der Waals surface area contributed by atoms with Crippen LogP contribution in [0.15, 0.2) is 0 Å². The van der Waals surface area contributed by atoms with E-state index in [2.05, 4.69) is 27.7 Å². The number of ether oxygens (including phenoxy) is 2. The summed E-state index contributed by atoms with van der Waals surface area (Å²) >= 11 is 0. The van der Waals surface area contributed by atoms with Gasteiger partial charge in [0.05, 0.1) is 31.0 Å². The first kappa shape index (κ1) is 20.4. The third-order valence-electron chi connectivity index (χ3n) is 4.21. The van der Waals surface area contributed by atoms with E-state index in [1.165, 1.54) is 6.42 Å². The van der Waals surface area contributed by atoms with Gasteiger partial charge in [-0.3, -0.25) is 4.79 Å². The molecule has 0 aromatic heterocycles. The van der Waals surface area contributed by atoms with E-state index >= 15 is 0 Å². The summed E-state index contributed by atoms with van der Waals surface area (Å²) in [7, 11) is 0. The molecule has 136 valence electrons. The molecule has 0 radical (unpaired) electrons. The highest BCUT2D eigenvalue weighted by Crippen LogP contribution is 2.24. The smallest absolute Gasteiger partial charge is 0.222 e. The zero-order valence-corrected chi connectivity index (χ0v) is 16.0. The van der Waals surface area contributed by atoms with Crippen molar-refractivity contribution in [1.82, 2.24) is 4.90 Å². The maximum absolute atomic E-state index is 12.6. The summed E-state index contributed by atoms with van der Waals surface area (Å²) in [5.74, 6) is 0.980. The Bertz CT molecular complexity index is 342. The van der Waals surface area contributed by atoms with Gasteiger partial charge in [0.25, 0.3) is 0 Å². The van der Waals surface area contributed by atoms with Crippen LogP contribution < -0.4 is 0 Å². The minimum Gasteiger partial charge on any atom is -0.377 e. The molecule has 0 N–H and O–H groups in total. The summed E-state index contributed by atoms with van der Waals surface area (Å²) in [4.78, 5) is 14.6. The van der Waals surface area contributed by atoms with Crippen LogP contribution in [0.4, 0.5) is 0 Å². The number of hydrogen-bond acceptors (Lipinski definition) is 3. The largest absolute Gasteiger partial charge is 0.377 e. The second-order valence-corrected chi connectivity index (χ2v) is 7.76. The number of unbranched alkanes of at least 4 members (excludes halogenated alkanes) is 1. The molecule has 0 saturated carbocycles. The van der Waals surface area contributed by atoms with E-state index in [0.29, 0.717) is 25.5 Å². The first-order chi connectivity index (χ1) is 10.8. The van der Waals surface area contributed by atoms with E-state index in [1.807, 2.05) is 18.7 Å². The van der Waals surface area contributed by atoms with Crippen molar-refractivity contribution in [1.29, 1.82) is 0 Å². The van der Waals surface area contributed by atoms with Crippen LogP contribution >= 0.6 is 0 Å². The van der Waals surface area contributed by atoms with E-state index < -0.39 is 0 Å². The molecular formula is C19H37NO3. The minimum atomic E-state index is 0.148. The summed E-state index contributed by atoms with van der Waals surface area (Å²) in [5.41, 5.74) is 0. The van der Waals surface area contributed by atoms with Gasteiger partial charge in [-0.25, -0.2) is 0 Å². The monoisotopic (exact) mass is 327 g/mol. The van der Waals surface area contributed by atoms with E-state index in [9.17, 15) is 4.79 Å². The topological polar surface area (TPSA) is 38.8 Å². The van der Waals surface area contributed by atoms with Gasteiger partial charge in [-0.1, -0.05) is 26.7 Å². The number of amides is 1. The number of hydrogen-bond donors (Lipinski definition) is 0. The quantitative estimate of drug-likeness (QED) is 0.569. The third kappa shape index (κ3) is 8.16. The summed E-state index contributed by atoms with van der Waals surface area (Å²) in [5, 5.41) is 0. The minimum absolute atomic E-state index is 0.148. The molecule has 4 nitrogen and oxygen atoms in total. The van der Waals surface area contributed by atoms with Crippen LogP contribution in [0.5, 0.6) is 0 Å². The highest BCUT2D eigenvalue weighted by molar-refractivity contribution is 5.76. The highest BCUT2D eigenvalue weighted by atomic mass is 16.5. The van der Waals surface area contributed by atoms with Gasteiger partial charge < -0.3 is 14.4 Å². The highest BCUT2D eigenvalue weighted by Gasteiger charge is 2.36. The fraction of sp³-hybridized carbons (Fsp3) is 0.947. The van der Waals surface area contributed by atoms with Gasteiger partial charge in [0.1, 0.15) is 0 Å². The zero-order chi connectivity index (χ0) is 17.4. The molecule has 1 amide bonds. The van der Waals surface area contributed by atoms with Gasteiger partial charge in [0, 0.05) is 13.0 Å². The number of rotatable bonds is 10. The average molecular weight is 328 g/mol. The predicted octanol–water partition coefficient (Wildman–Crippen LogP) is 4.02. The fourth-order valence-electron chi connectivity index (χ4n) is 3.10. The predicted molar refractivity (Wildman–Crippen MR) is 94.5 cm³/mol. The van der Waals surface area contributed by atoms with Crippen molar-refractivity contribution < 1.29 is 14.3 Å². The SMILES string of the molecule is CC(C)CCCCC(=O)N1C[C@H](OC(C)C)C[C@H]1COC(C)C. The molecule has 1 aliphatic rings. The van der Waals surface area contributed by atoms with E-state index in [1.54, 1.807) is 0 Å². The molecule has 0 spiro atoms. The van der Waals surface area contributed by atoms with Crippen LogP contribution in [-0.2, 0) is 14.3 Å². The van der Waals surface area contributed by atoms with Gasteiger partial charge in [-0.15, -0.1) is 0 Å². The maximum Gasteiger partial charge on any atom is 0.222 e. The lowest BCUT2D eigenvalue weighted by atomic mass is 10.1. The molecule has 0 aromatic carbocycles. The molecular weight excluding hydrogens is 290 g/mol. The molecule has 0 aromatic rings. The number of likely N-dealkylation sites (tertiary alicyclic amines) is 1. The Labute approximate surface area is 142 Å². The summed E-state index contributed by atoms with van der Waals surface area (Å²) < 4.78 is 11.7. The van der Waals surface area contributed by atoms with Gasteiger partial charge in [0.2, 0.25) is 5.91 Å². The lowest BCUT2D eigenvalue weighted by Crippen LogP contribution is -2.39. The molecule has 23 heavy (non-hydrogen) atoms. The number of nitrogens with zero attached hydrogens (tertiary/aromatic N) is 1. The van der Waals surface area contributed by atoms with E-state index in [0.717, 1.165) is 19.3 Å². The van der Waals surface area contributed by atoms with Crippen molar-refractivity contribution in [3.8, 4) is 0 Å². The Hall–Kier alpha value is -0.610. The summed E-state index contributed by atoms with van der Waals surface area (Å²) in [6.45, 7) is 14.0. The third-order valence-corrected chi connectivity index (χ3v) is 4.21. The van der Waals surface area contributed by atoms with Crippen LogP contribution in [0, 0.1) is 5.92 Å². The lowest BCUT2D eigenvalue weighted by molar-refractivity contribution is -0.134. The lowest BCUT2D eigenvalue weighted by Gasteiger charge is -2.25. The van der Waals surface area contributed by atoms with Crippen molar-refractivity contribution in [2.24, 2.45) is 5.92 Å². The van der Waals surface area contributed by atoms with Gasteiger partial charge >= 0.3 is 0 Å². The molecule has 0 bridgehead atoms. The Morgan fingerprint density at radius 2 is 1.78 bits per heavy atom. The molecule has 1 saturated heterocycles. The molecule has 4 heteroatoms. The van der Waals surface area contributed by atoms with Crippen LogP contribution in [0.3, 0.4) is 0 Å². The van der Waals surface area contributed by atoms with E-state index in [4.69, 9.17) is 9.47 Å². The molecule has 0 aliphatic carbocycles. The molecule has 1 fully saturated rings. The Balaban J connectivity index is 2.50. The molecule has 2 atom stereocenters.